The van der Waals surface area contributed by atoms with Gasteiger partial charge in [0, 0.05) is 13.0 Å². The molecule has 420 valence electrons. The second-order valence-electron chi connectivity index (χ2n) is 20.1. The second-order valence-corrected chi connectivity index (χ2v) is 20.1. The van der Waals surface area contributed by atoms with Gasteiger partial charge < -0.3 is 64.2 Å². The van der Waals surface area contributed by atoms with Crippen molar-refractivity contribution >= 4 is 5.97 Å². The highest BCUT2D eigenvalue weighted by atomic mass is 16.7. The fourth-order valence-electron chi connectivity index (χ4n) is 8.98. The Morgan fingerprint density at radius 1 is 0.472 bits per heavy atom. The van der Waals surface area contributed by atoms with Crippen LogP contribution in [0.1, 0.15) is 213 Å². The summed E-state index contributed by atoms with van der Waals surface area (Å²) < 4.78 is 34.4. The third-order valence-electron chi connectivity index (χ3n) is 13.6. The highest BCUT2D eigenvalue weighted by Gasteiger charge is 2.47. The van der Waals surface area contributed by atoms with Gasteiger partial charge in [0.1, 0.15) is 54.9 Å². The van der Waals surface area contributed by atoms with Crippen LogP contribution in [0.5, 0.6) is 0 Å². The van der Waals surface area contributed by atoms with E-state index in [1.54, 1.807) is 0 Å². The fourth-order valence-corrected chi connectivity index (χ4v) is 8.98. The number of hydrogen-bond acceptors (Lipinski definition) is 14. The van der Waals surface area contributed by atoms with Crippen LogP contribution < -0.4 is 0 Å². The average Bonchev–Trinajstić information content (AvgIpc) is 3.38. The van der Waals surface area contributed by atoms with Gasteiger partial charge in [-0.25, -0.2) is 0 Å². The molecule has 2 rings (SSSR count). The lowest BCUT2D eigenvalue weighted by molar-refractivity contribution is -0.332. The molecule has 72 heavy (non-hydrogen) atoms. The van der Waals surface area contributed by atoms with Crippen molar-refractivity contribution in [3.8, 4) is 0 Å². The fraction of sp³-hybridized carbons (Fsp3) is 0.845. The first-order valence-corrected chi connectivity index (χ1v) is 28.7. The number of allylic oxidation sites excluding steroid dienone is 8. The number of esters is 1. The number of hydrogen-bond donors (Lipinski definition) is 7. The molecule has 14 heteroatoms. The lowest BCUT2D eigenvalue weighted by atomic mass is 9.98. The van der Waals surface area contributed by atoms with Crippen LogP contribution in [0.3, 0.4) is 0 Å². The molecule has 0 aromatic heterocycles. The maximum absolute atomic E-state index is 13.1. The Balaban J connectivity index is 1.68. The quantitative estimate of drug-likeness (QED) is 0.0172. The molecule has 2 fully saturated rings. The summed E-state index contributed by atoms with van der Waals surface area (Å²) in [6.07, 6.45) is 37.4. The maximum atomic E-state index is 13.1. The minimum atomic E-state index is -1.71. The molecule has 11 atom stereocenters. The predicted molar refractivity (Wildman–Crippen MR) is 284 cm³/mol. The lowest BCUT2D eigenvalue weighted by Gasteiger charge is -2.42. The molecule has 0 aromatic rings. The van der Waals surface area contributed by atoms with E-state index in [-0.39, 0.29) is 25.6 Å². The molecule has 7 N–H and O–H groups in total. The van der Waals surface area contributed by atoms with Gasteiger partial charge in [-0.15, -0.1) is 0 Å². The third-order valence-corrected chi connectivity index (χ3v) is 13.6. The molecule has 0 amide bonds. The van der Waals surface area contributed by atoms with Crippen LogP contribution >= 0.6 is 0 Å². The van der Waals surface area contributed by atoms with Crippen molar-refractivity contribution in [1.82, 2.24) is 0 Å². The monoisotopic (exact) mass is 1020 g/mol. The molecule has 0 radical (unpaired) electrons. The van der Waals surface area contributed by atoms with Crippen molar-refractivity contribution in [1.29, 1.82) is 0 Å². The molecule has 0 saturated carbocycles. The van der Waals surface area contributed by atoms with Gasteiger partial charge in [0.2, 0.25) is 0 Å². The summed E-state index contributed by atoms with van der Waals surface area (Å²) >= 11 is 0. The normalized spacial score (nSPS) is 25.5. The Morgan fingerprint density at radius 3 is 1.42 bits per heavy atom. The Bertz CT molecular complexity index is 1370. The van der Waals surface area contributed by atoms with E-state index < -0.39 is 80.7 Å². The summed E-state index contributed by atoms with van der Waals surface area (Å²) in [5, 5.41) is 72.3. The Hall–Kier alpha value is -2.05. The van der Waals surface area contributed by atoms with E-state index >= 15 is 0 Å². The average molecular weight is 1030 g/mol. The van der Waals surface area contributed by atoms with Gasteiger partial charge in [-0.1, -0.05) is 204 Å². The summed E-state index contributed by atoms with van der Waals surface area (Å²) in [6, 6.07) is 0. The van der Waals surface area contributed by atoms with Crippen molar-refractivity contribution in [2.75, 3.05) is 33.0 Å². The van der Waals surface area contributed by atoms with Crippen molar-refractivity contribution in [3.05, 3.63) is 48.6 Å². The van der Waals surface area contributed by atoms with E-state index in [4.69, 9.17) is 28.4 Å². The Kier molecular flexibility index (Phi) is 41.4. The molecule has 0 aromatic carbocycles. The first kappa shape index (κ1) is 66.1. The molecule has 2 heterocycles. The molecule has 11 unspecified atom stereocenters. The van der Waals surface area contributed by atoms with E-state index in [0.29, 0.717) is 13.0 Å². The molecule has 2 aliphatic heterocycles. The first-order chi connectivity index (χ1) is 35.1. The second kappa shape index (κ2) is 45.2. The smallest absolute Gasteiger partial charge is 0.306 e. The van der Waals surface area contributed by atoms with E-state index in [9.17, 15) is 40.5 Å². The van der Waals surface area contributed by atoms with Crippen molar-refractivity contribution in [2.24, 2.45) is 0 Å². The molecular weight excluding hydrogens is 921 g/mol. The van der Waals surface area contributed by atoms with Crippen LogP contribution in [0.15, 0.2) is 48.6 Å². The highest BCUT2D eigenvalue weighted by molar-refractivity contribution is 5.69. The Morgan fingerprint density at radius 2 is 0.903 bits per heavy atom. The van der Waals surface area contributed by atoms with Crippen LogP contribution in [0, 0.1) is 0 Å². The van der Waals surface area contributed by atoms with Crippen molar-refractivity contribution < 1.29 is 69.0 Å². The molecule has 0 aliphatic carbocycles. The van der Waals surface area contributed by atoms with Gasteiger partial charge in [-0.2, -0.15) is 0 Å². The number of rotatable bonds is 46. The van der Waals surface area contributed by atoms with Crippen LogP contribution in [0.2, 0.25) is 0 Å². The zero-order valence-corrected chi connectivity index (χ0v) is 44.9. The van der Waals surface area contributed by atoms with Crippen molar-refractivity contribution in [2.45, 2.75) is 280 Å². The summed E-state index contributed by atoms with van der Waals surface area (Å²) in [7, 11) is 0. The number of aliphatic hydroxyl groups is 7. The summed E-state index contributed by atoms with van der Waals surface area (Å²) in [5.41, 5.74) is 0. The van der Waals surface area contributed by atoms with Crippen LogP contribution in [0.4, 0.5) is 0 Å². The minimum Gasteiger partial charge on any atom is -0.457 e. The maximum Gasteiger partial charge on any atom is 0.306 e. The van der Waals surface area contributed by atoms with Crippen LogP contribution in [-0.4, -0.2) is 142 Å². The van der Waals surface area contributed by atoms with E-state index in [2.05, 4.69) is 62.5 Å². The standard InChI is InChI=1S/C58H104O14/c1-3-5-7-9-11-13-15-17-18-19-20-21-22-23-24-25-26-27-28-29-31-33-35-37-39-41-50(60)70-47(44-67-42-40-38-36-34-32-30-16-14-12-10-8-6-4-2)45-68-57-56(66)54(64)52(62)49(72-57)46-69-58-55(65)53(63)51(61)48(43-59)71-58/h5,7,11,13,17-18,20-21,47-49,51-59,61-66H,3-4,6,8-10,12,14-16,19,22-46H2,1-2H3/b7-5-,13-11-,18-17-,21-20-. The molecular formula is C58H104O14. The molecule has 2 aliphatic rings. The zero-order valence-electron chi connectivity index (χ0n) is 44.9. The largest absolute Gasteiger partial charge is 0.457 e. The highest BCUT2D eigenvalue weighted by Crippen LogP contribution is 2.27. The Labute approximate surface area is 435 Å². The summed E-state index contributed by atoms with van der Waals surface area (Å²) in [5.74, 6) is -0.377. The van der Waals surface area contributed by atoms with E-state index in [0.717, 1.165) is 70.6 Å². The lowest BCUT2D eigenvalue weighted by Crippen LogP contribution is -2.61. The summed E-state index contributed by atoms with van der Waals surface area (Å²) in [4.78, 5) is 13.1. The van der Waals surface area contributed by atoms with Gasteiger partial charge in [0.15, 0.2) is 12.6 Å². The predicted octanol–water partition coefficient (Wildman–Crippen LogP) is 9.91. The van der Waals surface area contributed by atoms with Gasteiger partial charge in [0.25, 0.3) is 0 Å². The number of unbranched alkanes of at least 4 members (excludes halogenated alkanes) is 24. The topological polar surface area (TPSA) is 214 Å². The van der Waals surface area contributed by atoms with Crippen LogP contribution in [-0.2, 0) is 33.2 Å². The SMILES string of the molecule is CC/C=C\C/C=C\C/C=C\C/C=C\CCCCCCCCCCCCCCC(=O)OC(COCCCCCCCCCCCCCCC)COC1OC(COC2OC(CO)C(O)C(O)C2O)C(O)C(O)C1O. The molecule has 0 bridgehead atoms. The van der Waals surface area contributed by atoms with Crippen molar-refractivity contribution in [3.63, 3.8) is 0 Å². The van der Waals surface area contributed by atoms with Gasteiger partial charge in [-0.3, -0.25) is 4.79 Å². The zero-order chi connectivity index (χ0) is 52.3. The third kappa shape index (κ3) is 31.7. The molecule has 14 nitrogen and oxygen atoms in total. The van der Waals surface area contributed by atoms with Crippen LogP contribution in [0.25, 0.3) is 0 Å². The molecule has 2 saturated heterocycles. The minimum absolute atomic E-state index is 0.0632. The van der Waals surface area contributed by atoms with Gasteiger partial charge in [-0.05, 0) is 51.4 Å². The molecule has 0 spiro atoms. The number of carbonyl (C=O) groups is 1. The summed E-state index contributed by atoms with van der Waals surface area (Å²) in [6.45, 7) is 3.60. The number of ether oxygens (including phenoxy) is 6. The van der Waals surface area contributed by atoms with Gasteiger partial charge >= 0.3 is 5.97 Å². The number of carbonyl (C=O) groups excluding carboxylic acids is 1. The first-order valence-electron chi connectivity index (χ1n) is 28.7. The number of aliphatic hydroxyl groups excluding tert-OH is 7. The van der Waals surface area contributed by atoms with Gasteiger partial charge in [0.05, 0.1) is 26.4 Å². The van der Waals surface area contributed by atoms with E-state index in [1.807, 2.05) is 0 Å². The van der Waals surface area contributed by atoms with E-state index in [1.165, 1.54) is 116 Å².